The van der Waals surface area contributed by atoms with Gasteiger partial charge in [0.05, 0.1) is 16.9 Å². The molecule has 0 N–H and O–H groups in total. The van der Waals surface area contributed by atoms with Gasteiger partial charge in [0.2, 0.25) is 0 Å². The Kier molecular flexibility index (Phi) is 4.17. The van der Waals surface area contributed by atoms with Gasteiger partial charge in [0.15, 0.2) is 0 Å². The van der Waals surface area contributed by atoms with Crippen molar-refractivity contribution < 1.29 is 4.39 Å². The number of anilines is 1. The molecule has 2 aromatic heterocycles. The van der Waals surface area contributed by atoms with Crippen molar-refractivity contribution >= 4 is 17.2 Å². The van der Waals surface area contributed by atoms with E-state index in [-0.39, 0.29) is 5.82 Å². The first-order valence-electron chi connectivity index (χ1n) is 7.13. The number of rotatable bonds is 3. The number of halogens is 1. The van der Waals surface area contributed by atoms with Crippen LogP contribution < -0.4 is 4.90 Å². The van der Waals surface area contributed by atoms with Crippen LogP contribution in [0.4, 0.5) is 10.2 Å². The Labute approximate surface area is 128 Å². The number of piperazine rings is 1. The minimum Gasteiger partial charge on any atom is -0.351 e. The van der Waals surface area contributed by atoms with Crippen molar-refractivity contribution in [1.29, 1.82) is 0 Å². The molecule has 1 aliphatic heterocycles. The lowest BCUT2D eigenvalue weighted by Gasteiger charge is -2.40. The molecule has 1 aliphatic rings. The van der Waals surface area contributed by atoms with Gasteiger partial charge in [-0.2, -0.15) is 0 Å². The molecule has 0 saturated carbocycles. The molecule has 1 unspecified atom stereocenters. The molecule has 2 aromatic rings. The van der Waals surface area contributed by atoms with Crippen molar-refractivity contribution in [3.05, 3.63) is 40.2 Å². The Hall–Kier alpha value is -1.53. The molecule has 0 aliphatic carbocycles. The van der Waals surface area contributed by atoms with Gasteiger partial charge in [-0.25, -0.2) is 14.4 Å². The fourth-order valence-electron chi connectivity index (χ4n) is 2.76. The topological polar surface area (TPSA) is 32.3 Å². The highest BCUT2D eigenvalue weighted by molar-refractivity contribution is 7.09. The number of aryl methyl sites for hydroxylation is 1. The maximum atomic E-state index is 13.0. The second-order valence-corrected chi connectivity index (χ2v) is 6.53. The van der Waals surface area contributed by atoms with E-state index >= 15 is 0 Å². The third kappa shape index (κ3) is 3.39. The van der Waals surface area contributed by atoms with Crippen molar-refractivity contribution in [2.75, 3.05) is 24.5 Å². The second-order valence-electron chi connectivity index (χ2n) is 5.47. The van der Waals surface area contributed by atoms with Crippen LogP contribution >= 0.6 is 11.3 Å². The first-order chi connectivity index (χ1) is 10.1. The van der Waals surface area contributed by atoms with E-state index in [2.05, 4.69) is 32.1 Å². The van der Waals surface area contributed by atoms with Crippen molar-refractivity contribution in [1.82, 2.24) is 14.9 Å². The van der Waals surface area contributed by atoms with Crippen LogP contribution in [0.5, 0.6) is 0 Å². The zero-order valence-electron chi connectivity index (χ0n) is 12.3. The normalized spacial score (nSPS) is 20.0. The number of pyridine rings is 1. The first-order valence-corrected chi connectivity index (χ1v) is 8.01. The van der Waals surface area contributed by atoms with E-state index in [4.69, 9.17) is 0 Å². The van der Waals surface area contributed by atoms with E-state index in [1.165, 1.54) is 12.3 Å². The predicted octanol–water partition coefficient (Wildman–Crippen LogP) is 2.70. The van der Waals surface area contributed by atoms with Crippen LogP contribution in [0, 0.1) is 12.7 Å². The van der Waals surface area contributed by atoms with E-state index in [9.17, 15) is 4.39 Å². The monoisotopic (exact) mass is 306 g/mol. The Balaban J connectivity index is 1.62. The van der Waals surface area contributed by atoms with Crippen LogP contribution in [-0.2, 0) is 6.54 Å². The summed E-state index contributed by atoms with van der Waals surface area (Å²) in [7, 11) is 0. The zero-order valence-corrected chi connectivity index (χ0v) is 13.1. The van der Waals surface area contributed by atoms with Gasteiger partial charge < -0.3 is 4.90 Å². The summed E-state index contributed by atoms with van der Waals surface area (Å²) in [5.41, 5.74) is 1.15. The summed E-state index contributed by atoms with van der Waals surface area (Å²) in [5, 5.41) is 3.25. The molecule has 1 atom stereocenters. The van der Waals surface area contributed by atoms with Crippen molar-refractivity contribution in [3.63, 3.8) is 0 Å². The van der Waals surface area contributed by atoms with Gasteiger partial charge in [0, 0.05) is 37.6 Å². The van der Waals surface area contributed by atoms with Crippen molar-refractivity contribution in [2.24, 2.45) is 0 Å². The number of aromatic nitrogens is 2. The molecule has 4 nitrogen and oxygen atoms in total. The SMILES string of the molecule is Cc1nc(CN2CCN(c3ccc(F)cn3)C(C)C2)cs1. The molecule has 1 saturated heterocycles. The summed E-state index contributed by atoms with van der Waals surface area (Å²) in [5.74, 6) is 0.567. The van der Waals surface area contributed by atoms with E-state index < -0.39 is 0 Å². The molecule has 3 rings (SSSR count). The molecule has 112 valence electrons. The number of hydrogen-bond donors (Lipinski definition) is 0. The molecule has 3 heterocycles. The molecule has 0 amide bonds. The lowest BCUT2D eigenvalue weighted by atomic mass is 10.2. The third-order valence-corrected chi connectivity index (χ3v) is 4.59. The van der Waals surface area contributed by atoms with Crippen molar-refractivity contribution in [2.45, 2.75) is 26.4 Å². The molecule has 21 heavy (non-hydrogen) atoms. The maximum absolute atomic E-state index is 13.0. The fourth-order valence-corrected chi connectivity index (χ4v) is 3.37. The molecular weight excluding hydrogens is 287 g/mol. The molecular formula is C15H19FN4S. The minimum atomic E-state index is -0.288. The summed E-state index contributed by atoms with van der Waals surface area (Å²) in [6.07, 6.45) is 1.28. The largest absolute Gasteiger partial charge is 0.351 e. The summed E-state index contributed by atoms with van der Waals surface area (Å²) in [6, 6.07) is 3.58. The van der Waals surface area contributed by atoms with Crippen LogP contribution in [0.25, 0.3) is 0 Å². The highest BCUT2D eigenvalue weighted by Crippen LogP contribution is 2.20. The minimum absolute atomic E-state index is 0.288. The van der Waals surface area contributed by atoms with Gasteiger partial charge >= 0.3 is 0 Å². The predicted molar refractivity (Wildman–Crippen MR) is 83.1 cm³/mol. The van der Waals surface area contributed by atoms with Crippen molar-refractivity contribution in [3.8, 4) is 0 Å². The summed E-state index contributed by atoms with van der Waals surface area (Å²) < 4.78 is 13.0. The zero-order chi connectivity index (χ0) is 14.8. The summed E-state index contributed by atoms with van der Waals surface area (Å²) in [6.45, 7) is 7.97. The van der Waals surface area contributed by atoms with Crippen LogP contribution in [0.15, 0.2) is 23.7 Å². The lowest BCUT2D eigenvalue weighted by Crippen LogP contribution is -2.51. The van der Waals surface area contributed by atoms with E-state index in [0.29, 0.717) is 6.04 Å². The van der Waals surface area contributed by atoms with Crippen LogP contribution in [-0.4, -0.2) is 40.5 Å². The van der Waals surface area contributed by atoms with Gasteiger partial charge in [0.1, 0.15) is 11.6 Å². The van der Waals surface area contributed by atoms with Crippen LogP contribution in [0.1, 0.15) is 17.6 Å². The maximum Gasteiger partial charge on any atom is 0.141 e. The molecule has 1 fully saturated rings. The lowest BCUT2D eigenvalue weighted by molar-refractivity contribution is 0.218. The first kappa shape index (κ1) is 14.4. The van der Waals surface area contributed by atoms with Gasteiger partial charge in [-0.1, -0.05) is 0 Å². The number of thiazole rings is 1. The molecule has 6 heteroatoms. The smallest absolute Gasteiger partial charge is 0.141 e. The number of hydrogen-bond acceptors (Lipinski definition) is 5. The Morgan fingerprint density at radius 3 is 2.86 bits per heavy atom. The summed E-state index contributed by atoms with van der Waals surface area (Å²) in [4.78, 5) is 13.4. The molecule has 0 aromatic carbocycles. The van der Waals surface area contributed by atoms with E-state index in [1.54, 1.807) is 17.4 Å². The van der Waals surface area contributed by atoms with Gasteiger partial charge in [-0.3, -0.25) is 4.90 Å². The Bertz CT molecular complexity index is 598. The molecule has 0 radical (unpaired) electrons. The van der Waals surface area contributed by atoms with E-state index in [1.807, 2.05) is 6.92 Å². The fraction of sp³-hybridized carbons (Fsp3) is 0.467. The summed E-state index contributed by atoms with van der Waals surface area (Å²) >= 11 is 1.70. The van der Waals surface area contributed by atoms with E-state index in [0.717, 1.165) is 42.7 Å². The Morgan fingerprint density at radius 1 is 1.38 bits per heavy atom. The number of nitrogens with zero attached hydrogens (tertiary/aromatic N) is 4. The van der Waals surface area contributed by atoms with Gasteiger partial charge in [-0.15, -0.1) is 11.3 Å². The molecule has 0 spiro atoms. The quantitative estimate of drug-likeness (QED) is 0.873. The third-order valence-electron chi connectivity index (χ3n) is 3.77. The van der Waals surface area contributed by atoms with Crippen LogP contribution in [0.2, 0.25) is 0 Å². The van der Waals surface area contributed by atoms with Gasteiger partial charge in [-0.05, 0) is 26.0 Å². The average Bonchev–Trinajstić information content (AvgIpc) is 2.86. The Morgan fingerprint density at radius 2 is 2.24 bits per heavy atom. The standard InChI is InChI=1S/C15H19FN4S/c1-11-8-19(9-14-10-21-12(2)18-14)5-6-20(11)15-4-3-13(16)7-17-15/h3-4,7,10-11H,5-6,8-9H2,1-2H3. The molecule has 0 bridgehead atoms. The highest BCUT2D eigenvalue weighted by Gasteiger charge is 2.25. The second kappa shape index (κ2) is 6.07. The van der Waals surface area contributed by atoms with Crippen LogP contribution in [0.3, 0.4) is 0 Å². The highest BCUT2D eigenvalue weighted by atomic mass is 32.1. The van der Waals surface area contributed by atoms with Gasteiger partial charge in [0.25, 0.3) is 0 Å². The average molecular weight is 306 g/mol.